The molecule has 1 atom stereocenters. The van der Waals surface area contributed by atoms with Gasteiger partial charge in [0, 0.05) is 21.3 Å². The summed E-state index contributed by atoms with van der Waals surface area (Å²) < 4.78 is 5.51. The Hall–Kier alpha value is -3.48. The third-order valence-corrected chi connectivity index (χ3v) is 6.67. The number of nitrogens with zero attached hydrogens (tertiary/aromatic N) is 1. The van der Waals surface area contributed by atoms with Gasteiger partial charge in [0.1, 0.15) is 17.3 Å². The molecule has 0 spiro atoms. The molecule has 8 heteroatoms. The zero-order valence-corrected chi connectivity index (χ0v) is 21.7. The number of aryl methyl sites for hydroxylation is 1. The van der Waals surface area contributed by atoms with Gasteiger partial charge < -0.3 is 14.9 Å². The van der Waals surface area contributed by atoms with Crippen molar-refractivity contribution in [3.8, 4) is 11.5 Å². The zero-order chi connectivity index (χ0) is 26.3. The number of ketones is 1. The molecule has 1 unspecified atom stereocenters. The van der Waals surface area contributed by atoms with Crippen LogP contribution < -0.4 is 9.64 Å². The second kappa shape index (κ2) is 9.88. The minimum absolute atomic E-state index is 0.0223. The highest BCUT2D eigenvalue weighted by molar-refractivity contribution is 6.52. The first-order valence-electron chi connectivity index (χ1n) is 11.3. The van der Waals surface area contributed by atoms with Crippen LogP contribution in [-0.2, 0) is 9.59 Å². The molecule has 3 aromatic carbocycles. The number of carbonyl (C=O) groups excluding carboxylic acids is 2. The fourth-order valence-corrected chi connectivity index (χ4v) is 4.99. The van der Waals surface area contributed by atoms with Gasteiger partial charge >= 0.3 is 0 Å². The van der Waals surface area contributed by atoms with Gasteiger partial charge in [0.05, 0.1) is 18.7 Å². The standard InChI is InChI=1S/C28H25Cl2NO5/c1-14(2)21-13-22(15(3)9-23(21)36-4)26(33)24-25(16-5-7-20(32)8-6-16)31(28(35)27(24)34)19-11-17(29)10-18(30)12-19/h5-14,25,32-33H,1-4H3/b26-24+. The molecule has 1 fully saturated rings. The van der Waals surface area contributed by atoms with Crippen molar-refractivity contribution < 1.29 is 24.5 Å². The van der Waals surface area contributed by atoms with Crippen molar-refractivity contribution in [1.82, 2.24) is 0 Å². The first kappa shape index (κ1) is 25.6. The van der Waals surface area contributed by atoms with Gasteiger partial charge in [-0.25, -0.2) is 0 Å². The number of methoxy groups -OCH3 is 1. The van der Waals surface area contributed by atoms with E-state index in [9.17, 15) is 19.8 Å². The van der Waals surface area contributed by atoms with Crippen molar-refractivity contribution >= 4 is 46.3 Å². The average Bonchev–Trinajstić information content (AvgIpc) is 3.08. The normalized spacial score (nSPS) is 17.2. The maximum atomic E-state index is 13.4. The van der Waals surface area contributed by atoms with Crippen LogP contribution in [0.4, 0.5) is 5.69 Å². The Morgan fingerprint density at radius 2 is 1.61 bits per heavy atom. The summed E-state index contributed by atoms with van der Waals surface area (Å²) in [5.74, 6) is -1.21. The lowest BCUT2D eigenvalue weighted by Crippen LogP contribution is -2.29. The van der Waals surface area contributed by atoms with E-state index in [0.717, 1.165) is 5.56 Å². The number of phenolic OH excluding ortho intramolecular Hbond substituents is 1. The Kier molecular flexibility index (Phi) is 7.03. The molecule has 0 aliphatic carbocycles. The number of hydrogen-bond donors (Lipinski definition) is 2. The Bertz CT molecular complexity index is 1380. The van der Waals surface area contributed by atoms with Crippen LogP contribution in [0.3, 0.4) is 0 Å². The number of carbonyl (C=O) groups is 2. The van der Waals surface area contributed by atoms with Crippen molar-refractivity contribution in [3.63, 3.8) is 0 Å². The fourth-order valence-electron chi connectivity index (χ4n) is 4.48. The molecule has 0 aromatic heterocycles. The third-order valence-electron chi connectivity index (χ3n) is 6.23. The number of rotatable bonds is 5. The number of benzene rings is 3. The smallest absolute Gasteiger partial charge is 0.300 e. The first-order valence-corrected chi connectivity index (χ1v) is 12.0. The summed E-state index contributed by atoms with van der Waals surface area (Å²) in [5, 5.41) is 22.0. The summed E-state index contributed by atoms with van der Waals surface area (Å²) in [6.45, 7) is 5.79. The lowest BCUT2D eigenvalue weighted by atomic mass is 9.91. The van der Waals surface area contributed by atoms with Crippen LogP contribution in [0.2, 0.25) is 10.0 Å². The van der Waals surface area contributed by atoms with E-state index < -0.39 is 17.7 Å². The highest BCUT2D eigenvalue weighted by Gasteiger charge is 2.47. The highest BCUT2D eigenvalue weighted by Crippen LogP contribution is 2.44. The van der Waals surface area contributed by atoms with Crippen molar-refractivity contribution in [2.24, 2.45) is 0 Å². The largest absolute Gasteiger partial charge is 0.508 e. The summed E-state index contributed by atoms with van der Waals surface area (Å²) in [7, 11) is 1.58. The molecule has 1 amide bonds. The zero-order valence-electron chi connectivity index (χ0n) is 20.2. The molecule has 4 rings (SSSR count). The summed E-state index contributed by atoms with van der Waals surface area (Å²) in [6.07, 6.45) is 0. The van der Waals surface area contributed by atoms with Crippen LogP contribution in [0, 0.1) is 6.92 Å². The number of anilines is 1. The van der Waals surface area contributed by atoms with Crippen LogP contribution in [0.15, 0.2) is 60.2 Å². The molecule has 6 nitrogen and oxygen atoms in total. The Morgan fingerprint density at radius 1 is 1.00 bits per heavy atom. The van der Waals surface area contributed by atoms with Crippen molar-refractivity contribution in [3.05, 3.63) is 92.5 Å². The number of halogens is 2. The number of Topliss-reactive ketones (excluding diaryl/α,β-unsaturated/α-hetero) is 1. The van der Waals surface area contributed by atoms with Crippen molar-refractivity contribution in [1.29, 1.82) is 0 Å². The molecular formula is C28H25Cl2NO5. The molecular weight excluding hydrogens is 501 g/mol. The quantitative estimate of drug-likeness (QED) is 0.218. The van der Waals surface area contributed by atoms with Gasteiger partial charge in [-0.2, -0.15) is 0 Å². The maximum Gasteiger partial charge on any atom is 0.300 e. The predicted molar refractivity (Wildman–Crippen MR) is 141 cm³/mol. The van der Waals surface area contributed by atoms with Crippen LogP contribution in [0.1, 0.15) is 48.1 Å². The molecule has 1 heterocycles. The molecule has 1 saturated heterocycles. The van der Waals surface area contributed by atoms with Gasteiger partial charge in [-0.15, -0.1) is 0 Å². The summed E-state index contributed by atoms with van der Waals surface area (Å²) in [5.41, 5.74) is 2.69. The topological polar surface area (TPSA) is 87.1 Å². The molecule has 36 heavy (non-hydrogen) atoms. The number of aromatic hydroxyl groups is 1. The first-order chi connectivity index (χ1) is 17.0. The van der Waals surface area contributed by atoms with E-state index in [1.165, 1.54) is 35.2 Å². The molecule has 2 N–H and O–H groups in total. The lowest BCUT2D eigenvalue weighted by Gasteiger charge is -2.26. The van der Waals surface area contributed by atoms with E-state index in [-0.39, 0.29) is 33.0 Å². The number of aliphatic hydroxyl groups is 1. The van der Waals surface area contributed by atoms with Gasteiger partial charge in [0.25, 0.3) is 11.7 Å². The molecule has 186 valence electrons. The molecule has 3 aromatic rings. The lowest BCUT2D eigenvalue weighted by molar-refractivity contribution is -0.132. The van der Waals surface area contributed by atoms with E-state index in [1.54, 1.807) is 38.3 Å². The molecule has 0 radical (unpaired) electrons. The minimum Gasteiger partial charge on any atom is -0.508 e. The molecule has 1 aliphatic heterocycles. The molecule has 0 bridgehead atoms. The number of ether oxygens (including phenoxy) is 1. The monoisotopic (exact) mass is 525 g/mol. The number of aliphatic hydroxyl groups excluding tert-OH is 1. The summed E-state index contributed by atoms with van der Waals surface area (Å²) >= 11 is 12.4. The third kappa shape index (κ3) is 4.54. The van der Waals surface area contributed by atoms with Crippen LogP contribution >= 0.6 is 23.2 Å². The van der Waals surface area contributed by atoms with Crippen molar-refractivity contribution in [2.75, 3.05) is 12.0 Å². The number of phenols is 1. The second-order valence-electron chi connectivity index (χ2n) is 8.95. The van der Waals surface area contributed by atoms with Gasteiger partial charge in [0.15, 0.2) is 0 Å². The van der Waals surface area contributed by atoms with Gasteiger partial charge in [-0.3, -0.25) is 14.5 Å². The minimum atomic E-state index is -0.982. The SMILES string of the molecule is COc1cc(C)c(/C(O)=C2\C(=O)C(=O)N(c3cc(Cl)cc(Cl)c3)C2c2ccc(O)cc2)cc1C(C)C. The van der Waals surface area contributed by atoms with Crippen molar-refractivity contribution in [2.45, 2.75) is 32.7 Å². The summed E-state index contributed by atoms with van der Waals surface area (Å²) in [4.78, 5) is 28.1. The molecule has 1 aliphatic rings. The van der Waals surface area contributed by atoms with E-state index >= 15 is 0 Å². The van der Waals surface area contributed by atoms with Gasteiger partial charge in [-0.05, 0) is 72.0 Å². The Balaban J connectivity index is 2.00. The summed E-state index contributed by atoms with van der Waals surface area (Å²) in [6, 6.07) is 13.3. The Morgan fingerprint density at radius 3 is 2.17 bits per heavy atom. The Labute approximate surface area is 219 Å². The average molecular weight is 526 g/mol. The number of hydrogen-bond acceptors (Lipinski definition) is 5. The van der Waals surface area contributed by atoms with Crippen LogP contribution in [-0.4, -0.2) is 29.0 Å². The highest BCUT2D eigenvalue weighted by atomic mass is 35.5. The second-order valence-corrected chi connectivity index (χ2v) is 9.82. The molecule has 0 saturated carbocycles. The van der Waals surface area contributed by atoms with E-state index in [4.69, 9.17) is 27.9 Å². The maximum absolute atomic E-state index is 13.4. The predicted octanol–water partition coefficient (Wildman–Crippen LogP) is 6.77. The van der Waals surface area contributed by atoms with Crippen LogP contribution in [0.5, 0.6) is 11.5 Å². The number of amides is 1. The fraction of sp³-hybridized carbons (Fsp3) is 0.214. The van der Waals surface area contributed by atoms with E-state index in [2.05, 4.69) is 0 Å². The van der Waals surface area contributed by atoms with Crippen LogP contribution in [0.25, 0.3) is 5.76 Å². The van der Waals surface area contributed by atoms with E-state index in [1.807, 2.05) is 13.8 Å². The van der Waals surface area contributed by atoms with E-state index in [0.29, 0.717) is 28.1 Å². The van der Waals surface area contributed by atoms with Gasteiger partial charge in [0.2, 0.25) is 0 Å². The van der Waals surface area contributed by atoms with Gasteiger partial charge in [-0.1, -0.05) is 49.2 Å².